The first-order valence-electron chi connectivity index (χ1n) is 6.44. The van der Waals surface area contributed by atoms with Gasteiger partial charge in [0, 0.05) is 0 Å². The van der Waals surface area contributed by atoms with Gasteiger partial charge in [-0.3, -0.25) is 0 Å². The van der Waals surface area contributed by atoms with E-state index in [-0.39, 0.29) is 29.6 Å². The van der Waals surface area contributed by atoms with Crippen molar-refractivity contribution >= 4 is 14.2 Å². The molecule has 2 rings (SSSR count). The molecule has 2 aromatic rings. The molecule has 1 atom stereocenters. The summed E-state index contributed by atoms with van der Waals surface area (Å²) >= 11 is 0. The zero-order valence-corrected chi connectivity index (χ0v) is 15.9. The molecule has 6 heteroatoms. The Balaban J connectivity index is 0.00000242. The van der Waals surface area contributed by atoms with E-state index in [0.717, 1.165) is 22.3 Å². The molecule has 0 saturated carbocycles. The van der Waals surface area contributed by atoms with Crippen LogP contribution >= 0.6 is 8.25 Å². The predicted octanol–water partition coefficient (Wildman–Crippen LogP) is 0.457. The van der Waals surface area contributed by atoms with E-state index in [1.807, 2.05) is 43.3 Å². The second-order valence-corrected chi connectivity index (χ2v) is 5.48. The van der Waals surface area contributed by atoms with Gasteiger partial charge >= 0.3 is 43.8 Å². The number of aryl methyl sites for hydroxylation is 2. The third kappa shape index (κ3) is 4.03. The molecule has 2 aromatic carbocycles. The molecule has 1 unspecified atom stereocenters. The minimum atomic E-state index is -3.21. The van der Waals surface area contributed by atoms with Gasteiger partial charge in [0.25, 0.3) is 0 Å². The van der Waals surface area contributed by atoms with E-state index in [1.54, 1.807) is 13.8 Å². The molecule has 0 aromatic heterocycles. The summed E-state index contributed by atoms with van der Waals surface area (Å²) in [7, 11) is -3.21. The van der Waals surface area contributed by atoms with Gasteiger partial charge in [0.2, 0.25) is 0 Å². The third-order valence-electron chi connectivity index (χ3n) is 3.40. The molecule has 0 fully saturated rings. The number of carbonyl (C=O) groups excluding carboxylic acids is 1. The van der Waals surface area contributed by atoms with Gasteiger partial charge in [-0.1, -0.05) is 36.4 Å². The SMILES string of the molecule is Cc1cc(C)c(-c2ccccc2)c(C)c1C(=O)O[P+](=O)[O-].[Na+]. The fraction of sp³-hybridized carbons (Fsp3) is 0.188. The molecule has 4 nitrogen and oxygen atoms in total. The molecule has 0 aliphatic carbocycles. The van der Waals surface area contributed by atoms with E-state index >= 15 is 0 Å². The second-order valence-electron chi connectivity index (χ2n) is 4.85. The quantitative estimate of drug-likeness (QED) is 0.607. The van der Waals surface area contributed by atoms with Crippen LogP contribution in [0.25, 0.3) is 11.1 Å². The minimum Gasteiger partial charge on any atom is -0.558 e. The van der Waals surface area contributed by atoms with Crippen LogP contribution in [0.5, 0.6) is 0 Å². The van der Waals surface area contributed by atoms with Crippen LogP contribution in [-0.2, 0) is 9.09 Å². The molecule has 0 amide bonds. The Hall–Kier alpha value is -1.03. The Morgan fingerprint density at radius 2 is 1.68 bits per heavy atom. The van der Waals surface area contributed by atoms with Gasteiger partial charge in [0.05, 0.1) is 5.56 Å². The minimum absolute atomic E-state index is 0. The van der Waals surface area contributed by atoms with Crippen molar-refractivity contribution in [2.45, 2.75) is 20.8 Å². The fourth-order valence-corrected chi connectivity index (χ4v) is 2.89. The van der Waals surface area contributed by atoms with Gasteiger partial charge in [0.15, 0.2) is 0 Å². The topological polar surface area (TPSA) is 66.4 Å². The Morgan fingerprint density at radius 1 is 1.09 bits per heavy atom. The van der Waals surface area contributed by atoms with Crippen molar-refractivity contribution in [3.05, 3.63) is 58.7 Å². The molecule has 0 N–H and O–H groups in total. The molecule has 0 saturated heterocycles. The van der Waals surface area contributed by atoms with Gasteiger partial charge in [-0.05, 0) is 53.2 Å². The van der Waals surface area contributed by atoms with Crippen molar-refractivity contribution in [2.24, 2.45) is 0 Å². The number of hydrogen-bond acceptors (Lipinski definition) is 4. The number of rotatable bonds is 3. The normalized spacial score (nSPS) is 10.6. The van der Waals surface area contributed by atoms with Crippen LogP contribution in [0.3, 0.4) is 0 Å². The molecular weight excluding hydrogens is 310 g/mol. The molecule has 0 bridgehead atoms. The van der Waals surface area contributed by atoms with Crippen LogP contribution in [0.15, 0.2) is 36.4 Å². The molecule has 0 radical (unpaired) electrons. The van der Waals surface area contributed by atoms with Crippen molar-refractivity contribution in [3.8, 4) is 11.1 Å². The molecule has 0 heterocycles. The van der Waals surface area contributed by atoms with E-state index in [9.17, 15) is 14.3 Å². The van der Waals surface area contributed by atoms with Crippen LogP contribution in [0.4, 0.5) is 0 Å². The summed E-state index contributed by atoms with van der Waals surface area (Å²) in [6.07, 6.45) is 0. The number of carbonyl (C=O) groups is 1. The zero-order valence-electron chi connectivity index (χ0n) is 13.0. The first-order valence-corrected chi connectivity index (χ1v) is 7.54. The Morgan fingerprint density at radius 3 is 2.23 bits per heavy atom. The number of hydrogen-bond donors (Lipinski definition) is 0. The number of benzene rings is 2. The zero-order chi connectivity index (χ0) is 15.6. The maximum absolute atomic E-state index is 12.0. The first kappa shape index (κ1) is 19.0. The summed E-state index contributed by atoms with van der Waals surface area (Å²) in [5, 5.41) is 0. The summed E-state index contributed by atoms with van der Waals surface area (Å²) in [5.74, 6) is -0.835. The maximum atomic E-state index is 12.0. The maximum Gasteiger partial charge on any atom is 1.00 e. The van der Waals surface area contributed by atoms with Crippen molar-refractivity contribution in [1.82, 2.24) is 0 Å². The largest absolute Gasteiger partial charge is 1.00 e. The van der Waals surface area contributed by atoms with Crippen molar-refractivity contribution in [3.63, 3.8) is 0 Å². The van der Waals surface area contributed by atoms with Crippen LogP contribution in [0.2, 0.25) is 0 Å². The molecule has 0 aliphatic rings. The van der Waals surface area contributed by atoms with Crippen LogP contribution < -0.4 is 34.5 Å². The summed E-state index contributed by atoms with van der Waals surface area (Å²) in [6.45, 7) is 5.53. The average Bonchev–Trinajstić information content (AvgIpc) is 2.38. The van der Waals surface area contributed by atoms with Gasteiger partial charge in [-0.25, -0.2) is 9.32 Å². The average molecular weight is 325 g/mol. The van der Waals surface area contributed by atoms with Crippen molar-refractivity contribution < 1.29 is 48.3 Å². The monoisotopic (exact) mass is 325 g/mol. The second kappa shape index (κ2) is 8.00. The van der Waals surface area contributed by atoms with Gasteiger partial charge in [-0.15, -0.1) is 0 Å². The van der Waals surface area contributed by atoms with Crippen LogP contribution in [-0.4, -0.2) is 5.97 Å². The summed E-state index contributed by atoms with van der Waals surface area (Å²) in [4.78, 5) is 22.6. The smallest absolute Gasteiger partial charge is 0.558 e. The van der Waals surface area contributed by atoms with Gasteiger partial charge in [0.1, 0.15) is 0 Å². The first-order chi connectivity index (χ1) is 9.91. The van der Waals surface area contributed by atoms with Crippen molar-refractivity contribution in [1.29, 1.82) is 0 Å². The summed E-state index contributed by atoms with van der Waals surface area (Å²) in [6, 6.07) is 11.5. The molecule has 22 heavy (non-hydrogen) atoms. The van der Waals surface area contributed by atoms with Crippen LogP contribution in [0.1, 0.15) is 27.0 Å². The van der Waals surface area contributed by atoms with Crippen molar-refractivity contribution in [2.75, 3.05) is 0 Å². The van der Waals surface area contributed by atoms with E-state index < -0.39 is 14.2 Å². The van der Waals surface area contributed by atoms with Gasteiger partial charge < -0.3 is 4.89 Å². The van der Waals surface area contributed by atoms with E-state index in [2.05, 4.69) is 4.52 Å². The molecular formula is C16H15NaO4P+. The van der Waals surface area contributed by atoms with E-state index in [1.165, 1.54) is 0 Å². The Bertz CT molecular complexity index is 714. The fourth-order valence-electron chi connectivity index (χ4n) is 2.66. The third-order valence-corrected chi connectivity index (χ3v) is 3.71. The molecule has 0 aliphatic heterocycles. The predicted molar refractivity (Wildman–Crippen MR) is 79.1 cm³/mol. The standard InChI is InChI=1S/C16H15O4P.Na/c1-10-9-11(2)15(16(17)20-21(18)19)12(3)14(10)13-7-5-4-6-8-13;/h4-9H,1-3H3;/q;+1. The van der Waals surface area contributed by atoms with E-state index in [0.29, 0.717) is 11.1 Å². The van der Waals surface area contributed by atoms with E-state index in [4.69, 9.17) is 0 Å². The Labute approximate surface area is 152 Å². The van der Waals surface area contributed by atoms with Gasteiger partial charge in [-0.2, -0.15) is 0 Å². The summed E-state index contributed by atoms with van der Waals surface area (Å²) < 4.78 is 15.0. The summed E-state index contributed by atoms with van der Waals surface area (Å²) in [5.41, 5.74) is 4.66. The Kier molecular flexibility index (Phi) is 6.92. The molecule has 108 valence electrons. The van der Waals surface area contributed by atoms with Crippen LogP contribution in [0, 0.1) is 20.8 Å². The molecule has 0 spiro atoms.